The van der Waals surface area contributed by atoms with E-state index < -0.39 is 28.0 Å². The number of esters is 1. The Labute approximate surface area is 164 Å². The largest absolute Gasteiger partial charge is 0.464 e. The Morgan fingerprint density at radius 1 is 1.26 bits per heavy atom. The molecule has 7 heteroatoms. The van der Waals surface area contributed by atoms with Crippen LogP contribution in [0.15, 0.2) is 60.0 Å². The van der Waals surface area contributed by atoms with E-state index in [0.717, 1.165) is 9.87 Å². The fraction of sp³-hybridized carbons (Fsp3) is 0.250. The van der Waals surface area contributed by atoms with E-state index >= 15 is 0 Å². The van der Waals surface area contributed by atoms with E-state index in [4.69, 9.17) is 16.3 Å². The first-order valence-electron chi connectivity index (χ1n) is 8.51. The zero-order chi connectivity index (χ0) is 19.8. The van der Waals surface area contributed by atoms with Crippen LogP contribution in [-0.2, 0) is 19.6 Å². The topological polar surface area (TPSA) is 63.7 Å². The first-order chi connectivity index (χ1) is 12.8. The lowest BCUT2D eigenvalue weighted by Crippen LogP contribution is -2.45. The summed E-state index contributed by atoms with van der Waals surface area (Å²) in [5.41, 5.74) is 1.97. The highest BCUT2D eigenvalue weighted by atomic mass is 35.5. The Morgan fingerprint density at radius 3 is 2.52 bits per heavy atom. The first kappa shape index (κ1) is 19.5. The third kappa shape index (κ3) is 3.35. The van der Waals surface area contributed by atoms with Gasteiger partial charge < -0.3 is 4.74 Å². The van der Waals surface area contributed by atoms with E-state index in [0.29, 0.717) is 16.3 Å². The molecule has 2 atom stereocenters. The maximum atomic E-state index is 13.4. The van der Waals surface area contributed by atoms with Gasteiger partial charge in [0.15, 0.2) is 6.04 Å². The van der Waals surface area contributed by atoms with Gasteiger partial charge in [0, 0.05) is 10.9 Å². The van der Waals surface area contributed by atoms with Crippen LogP contribution in [-0.4, -0.2) is 27.0 Å². The molecule has 3 rings (SSSR count). The number of sulfonamides is 1. The number of benzene rings is 2. The van der Waals surface area contributed by atoms with Crippen molar-refractivity contribution in [1.29, 1.82) is 0 Å². The molecule has 27 heavy (non-hydrogen) atoms. The van der Waals surface area contributed by atoms with Gasteiger partial charge in [-0.15, -0.1) is 6.58 Å². The molecule has 0 amide bonds. The van der Waals surface area contributed by atoms with Gasteiger partial charge in [-0.3, -0.25) is 4.31 Å². The number of fused-ring (bicyclic) bond motifs is 1. The van der Waals surface area contributed by atoms with Crippen LogP contribution in [0.4, 0.5) is 5.69 Å². The van der Waals surface area contributed by atoms with Crippen molar-refractivity contribution in [2.45, 2.75) is 30.7 Å². The normalized spacial score (nSPS) is 18.9. The second-order valence-electron chi connectivity index (χ2n) is 6.28. The molecule has 1 heterocycles. The van der Waals surface area contributed by atoms with Crippen molar-refractivity contribution in [2.75, 3.05) is 10.9 Å². The molecule has 1 aliphatic heterocycles. The van der Waals surface area contributed by atoms with Crippen molar-refractivity contribution in [3.63, 3.8) is 0 Å². The number of aryl methyl sites for hydroxylation is 1. The SMILES string of the molecule is C=C[C@@H]1c2ccc(Cl)cc2N(S(=O)(=O)c2ccc(C)cc2)[C@H]1C(=O)OCC. The minimum absolute atomic E-state index is 0.0954. The van der Waals surface area contributed by atoms with Gasteiger partial charge in [-0.05, 0) is 43.7 Å². The highest BCUT2D eigenvalue weighted by Gasteiger charge is 2.48. The molecule has 0 fully saturated rings. The molecule has 0 aromatic heterocycles. The maximum absolute atomic E-state index is 13.4. The third-order valence-corrected chi connectivity index (χ3v) is 6.59. The third-order valence-electron chi connectivity index (χ3n) is 4.54. The molecule has 5 nitrogen and oxygen atoms in total. The monoisotopic (exact) mass is 405 g/mol. The summed E-state index contributed by atoms with van der Waals surface area (Å²) in [6, 6.07) is 10.4. The predicted molar refractivity (Wildman–Crippen MR) is 106 cm³/mol. The fourth-order valence-corrected chi connectivity index (χ4v) is 5.09. The number of hydrogen-bond acceptors (Lipinski definition) is 4. The smallest absolute Gasteiger partial charge is 0.330 e. The molecule has 0 unspecified atom stereocenters. The van der Waals surface area contributed by atoms with Crippen molar-refractivity contribution in [1.82, 2.24) is 0 Å². The van der Waals surface area contributed by atoms with Crippen molar-refractivity contribution in [3.8, 4) is 0 Å². The maximum Gasteiger partial charge on any atom is 0.330 e. The predicted octanol–water partition coefficient (Wildman–Crippen LogP) is 4.06. The summed E-state index contributed by atoms with van der Waals surface area (Å²) in [7, 11) is -4.02. The summed E-state index contributed by atoms with van der Waals surface area (Å²) in [5, 5.41) is 0.380. The minimum atomic E-state index is -4.02. The van der Waals surface area contributed by atoms with Gasteiger partial charge in [0.25, 0.3) is 10.0 Å². The highest BCUT2D eigenvalue weighted by Crippen LogP contribution is 2.46. The van der Waals surface area contributed by atoms with E-state index in [9.17, 15) is 13.2 Å². The van der Waals surface area contributed by atoms with Crippen LogP contribution in [0, 0.1) is 6.92 Å². The van der Waals surface area contributed by atoms with E-state index in [1.807, 2.05) is 6.92 Å². The van der Waals surface area contributed by atoms with Gasteiger partial charge in [0.1, 0.15) is 0 Å². The molecule has 0 saturated heterocycles. The molecule has 0 bridgehead atoms. The number of carbonyl (C=O) groups excluding carboxylic acids is 1. The summed E-state index contributed by atoms with van der Waals surface area (Å²) >= 11 is 6.12. The minimum Gasteiger partial charge on any atom is -0.464 e. The number of ether oxygens (including phenoxy) is 1. The summed E-state index contributed by atoms with van der Waals surface area (Å²) in [6.07, 6.45) is 1.57. The van der Waals surface area contributed by atoms with Crippen molar-refractivity contribution in [3.05, 3.63) is 71.3 Å². The summed E-state index contributed by atoms with van der Waals surface area (Å²) in [6.45, 7) is 7.49. The number of rotatable bonds is 5. The van der Waals surface area contributed by atoms with Crippen molar-refractivity contribution in [2.24, 2.45) is 0 Å². The quantitative estimate of drug-likeness (QED) is 0.556. The Balaban J connectivity index is 2.22. The lowest BCUT2D eigenvalue weighted by Gasteiger charge is -2.27. The lowest BCUT2D eigenvalue weighted by atomic mass is 9.95. The molecular formula is C20H20ClNO4S. The molecule has 0 spiro atoms. The van der Waals surface area contributed by atoms with E-state index in [-0.39, 0.29) is 11.5 Å². The van der Waals surface area contributed by atoms with Crippen LogP contribution in [0.3, 0.4) is 0 Å². The van der Waals surface area contributed by atoms with Gasteiger partial charge in [-0.2, -0.15) is 0 Å². The Hall–Kier alpha value is -2.31. The van der Waals surface area contributed by atoms with Crippen LogP contribution in [0.2, 0.25) is 5.02 Å². The van der Waals surface area contributed by atoms with E-state index in [1.54, 1.807) is 43.3 Å². The zero-order valence-corrected chi connectivity index (χ0v) is 16.6. The average Bonchev–Trinajstić information content (AvgIpc) is 2.96. The van der Waals surface area contributed by atoms with Gasteiger partial charge in [0.05, 0.1) is 17.2 Å². The Kier molecular flexibility index (Phi) is 5.31. The number of hydrogen-bond donors (Lipinski definition) is 0. The summed E-state index contributed by atoms with van der Waals surface area (Å²) in [5.74, 6) is -1.15. The Bertz CT molecular complexity index is 986. The first-order valence-corrected chi connectivity index (χ1v) is 10.3. The molecule has 2 aromatic carbocycles. The molecule has 0 radical (unpaired) electrons. The van der Waals surface area contributed by atoms with Crippen LogP contribution in [0.25, 0.3) is 0 Å². The van der Waals surface area contributed by atoms with E-state index in [1.165, 1.54) is 12.1 Å². The fourth-order valence-electron chi connectivity index (χ4n) is 3.28. The number of anilines is 1. The second-order valence-corrected chi connectivity index (χ2v) is 8.53. The van der Waals surface area contributed by atoms with Gasteiger partial charge >= 0.3 is 5.97 Å². The number of nitrogens with zero attached hydrogens (tertiary/aromatic N) is 1. The molecular weight excluding hydrogens is 386 g/mol. The molecule has 0 N–H and O–H groups in total. The zero-order valence-electron chi connectivity index (χ0n) is 15.1. The van der Waals surface area contributed by atoms with Gasteiger partial charge in [0.2, 0.25) is 0 Å². The van der Waals surface area contributed by atoms with Crippen molar-refractivity contribution < 1.29 is 17.9 Å². The average molecular weight is 406 g/mol. The lowest BCUT2D eigenvalue weighted by molar-refractivity contribution is -0.144. The second kappa shape index (κ2) is 7.37. The molecule has 2 aromatic rings. The van der Waals surface area contributed by atoms with Crippen LogP contribution >= 0.6 is 11.6 Å². The van der Waals surface area contributed by atoms with Crippen LogP contribution in [0.1, 0.15) is 24.0 Å². The molecule has 142 valence electrons. The molecule has 1 aliphatic rings. The standard InChI is InChI=1S/C20H20ClNO4S/c1-4-16-17-11-8-14(21)12-18(17)22(19(16)20(23)26-5-2)27(24,25)15-9-6-13(3)7-10-15/h4,6-12,16,19H,1,5H2,2-3H3/t16-,19-/m1/s1. The van der Waals surface area contributed by atoms with Gasteiger partial charge in [-0.25, -0.2) is 13.2 Å². The highest BCUT2D eigenvalue weighted by molar-refractivity contribution is 7.93. The molecule has 0 aliphatic carbocycles. The Morgan fingerprint density at radius 2 is 1.93 bits per heavy atom. The van der Waals surface area contributed by atoms with Gasteiger partial charge in [-0.1, -0.05) is 41.4 Å². The number of halogens is 1. The summed E-state index contributed by atoms with van der Waals surface area (Å²) in [4.78, 5) is 12.8. The van der Waals surface area contributed by atoms with Crippen molar-refractivity contribution >= 4 is 33.3 Å². The number of carbonyl (C=O) groups is 1. The van der Waals surface area contributed by atoms with Crippen LogP contribution < -0.4 is 4.31 Å². The molecule has 0 saturated carbocycles. The van der Waals surface area contributed by atoms with E-state index in [2.05, 4.69) is 6.58 Å². The van der Waals surface area contributed by atoms with Crippen LogP contribution in [0.5, 0.6) is 0 Å². The summed E-state index contributed by atoms with van der Waals surface area (Å²) < 4.78 is 33.2.